The Labute approximate surface area is 155 Å². The third kappa shape index (κ3) is 6.06. The maximum atomic E-state index is 12.5. The molecule has 2 aromatic rings. The Kier molecular flexibility index (Phi) is 7.29. The van der Waals surface area contributed by atoms with Crippen molar-refractivity contribution < 1.29 is 37.2 Å². The van der Waals surface area contributed by atoms with Crippen molar-refractivity contribution in [2.75, 3.05) is 13.2 Å². The van der Waals surface area contributed by atoms with Gasteiger partial charge in [-0.3, -0.25) is 9.59 Å². The van der Waals surface area contributed by atoms with Crippen LogP contribution in [0.1, 0.15) is 25.7 Å². The minimum atomic E-state index is -3.93. The fourth-order valence-electron chi connectivity index (χ4n) is 2.01. The predicted octanol–water partition coefficient (Wildman–Crippen LogP) is 1.47. The molecule has 1 N–H and O–H groups in total. The van der Waals surface area contributed by atoms with Gasteiger partial charge >= 0.3 is 11.9 Å². The molecule has 0 fully saturated rings. The van der Waals surface area contributed by atoms with E-state index >= 15 is 0 Å². The number of carboxylic acid groups (broad SMARTS) is 1. The van der Waals surface area contributed by atoms with Gasteiger partial charge in [0.05, 0.1) is 18.1 Å². The van der Waals surface area contributed by atoms with Gasteiger partial charge in [0.25, 0.3) is 10.9 Å². The zero-order chi connectivity index (χ0) is 19.7. The first kappa shape index (κ1) is 20.4. The molecule has 0 aliphatic heterocycles. The summed E-state index contributed by atoms with van der Waals surface area (Å²) in [5.74, 6) is -1.75. The van der Waals surface area contributed by atoms with Gasteiger partial charge in [-0.25, -0.2) is 13.0 Å². The minimum absolute atomic E-state index is 0.0137. The first-order chi connectivity index (χ1) is 12.9. The van der Waals surface area contributed by atoms with Gasteiger partial charge in [-0.1, -0.05) is 18.2 Å². The van der Waals surface area contributed by atoms with E-state index in [0.717, 1.165) is 0 Å². The number of ether oxygens (including phenoxy) is 2. The van der Waals surface area contributed by atoms with Crippen molar-refractivity contribution in [2.45, 2.75) is 35.6 Å². The molecular weight excluding hydrogens is 380 g/mol. The van der Waals surface area contributed by atoms with E-state index in [1.54, 1.807) is 18.2 Å². The first-order valence-corrected chi connectivity index (χ1v) is 9.52. The van der Waals surface area contributed by atoms with E-state index in [-0.39, 0.29) is 49.7 Å². The number of hydrogen-bond donors (Lipinski definition) is 1. The summed E-state index contributed by atoms with van der Waals surface area (Å²) >= 11 is 0. The normalized spacial score (nSPS) is 11.1. The van der Waals surface area contributed by atoms with Crippen molar-refractivity contribution in [1.82, 2.24) is 10.3 Å². The molecule has 0 amide bonds. The number of sulfone groups is 1. The number of rotatable bonds is 11. The second-order valence-electron chi connectivity index (χ2n) is 5.36. The highest BCUT2D eigenvalue weighted by molar-refractivity contribution is 7.91. The van der Waals surface area contributed by atoms with Crippen LogP contribution in [0.15, 0.2) is 44.9 Å². The quantitative estimate of drug-likeness (QED) is 0.436. The molecule has 0 bridgehead atoms. The first-order valence-electron chi connectivity index (χ1n) is 8.04. The molecule has 1 aromatic heterocycles. The van der Waals surface area contributed by atoms with Gasteiger partial charge in [-0.15, -0.1) is 0 Å². The number of aromatic nitrogens is 2. The Morgan fingerprint density at radius 1 is 1.04 bits per heavy atom. The van der Waals surface area contributed by atoms with Gasteiger partial charge in [-0.05, 0) is 28.9 Å². The fourth-order valence-corrected chi connectivity index (χ4v) is 3.20. The Balaban J connectivity index is 1.79. The maximum Gasteiger partial charge on any atom is 0.305 e. The van der Waals surface area contributed by atoms with Crippen LogP contribution in [0.3, 0.4) is 0 Å². The van der Waals surface area contributed by atoms with Crippen molar-refractivity contribution in [3.8, 4) is 5.88 Å². The van der Waals surface area contributed by atoms with Gasteiger partial charge in [0.15, 0.2) is 0 Å². The summed E-state index contributed by atoms with van der Waals surface area (Å²) in [4.78, 5) is 21.8. The van der Waals surface area contributed by atoms with Crippen LogP contribution >= 0.6 is 0 Å². The lowest BCUT2D eigenvalue weighted by Gasteiger charge is -2.06. The molecule has 0 saturated carbocycles. The third-order valence-electron chi connectivity index (χ3n) is 3.30. The predicted molar refractivity (Wildman–Crippen MR) is 88.7 cm³/mol. The van der Waals surface area contributed by atoms with Crippen LogP contribution in [0.4, 0.5) is 0 Å². The van der Waals surface area contributed by atoms with E-state index in [9.17, 15) is 18.0 Å². The summed E-state index contributed by atoms with van der Waals surface area (Å²) < 4.78 is 39.6. The number of nitrogens with zero attached hydrogens (tertiary/aromatic N) is 2. The largest absolute Gasteiger partial charge is 0.481 e. The highest BCUT2D eigenvalue weighted by Gasteiger charge is 2.28. The highest BCUT2D eigenvalue weighted by Crippen LogP contribution is 2.25. The van der Waals surface area contributed by atoms with Crippen molar-refractivity contribution in [3.63, 3.8) is 0 Å². The van der Waals surface area contributed by atoms with Crippen LogP contribution in [-0.2, 0) is 24.2 Å². The summed E-state index contributed by atoms with van der Waals surface area (Å²) in [7, 11) is -3.93. The summed E-state index contributed by atoms with van der Waals surface area (Å²) in [5.41, 5.74) is 0. The van der Waals surface area contributed by atoms with E-state index < -0.39 is 26.8 Å². The van der Waals surface area contributed by atoms with Gasteiger partial charge in [-0.2, -0.15) is 0 Å². The average molecular weight is 398 g/mol. The minimum Gasteiger partial charge on any atom is -0.481 e. The molecule has 0 radical (unpaired) electrons. The Morgan fingerprint density at radius 2 is 1.78 bits per heavy atom. The topological polar surface area (TPSA) is 146 Å². The monoisotopic (exact) mass is 398 g/mol. The zero-order valence-corrected chi connectivity index (χ0v) is 15.1. The lowest BCUT2D eigenvalue weighted by molar-refractivity contribution is -0.144. The molecular formula is C16H18N2O8S. The summed E-state index contributed by atoms with van der Waals surface area (Å²) in [6.07, 6.45) is 0.397. The molecule has 0 saturated heterocycles. The number of carbonyl (C=O) groups excluding carboxylic acids is 1. The van der Waals surface area contributed by atoms with Gasteiger partial charge in [0, 0.05) is 19.3 Å². The molecule has 10 nitrogen and oxygen atoms in total. The van der Waals surface area contributed by atoms with Crippen LogP contribution in [-0.4, -0.2) is 49.0 Å². The van der Waals surface area contributed by atoms with Crippen molar-refractivity contribution in [2.24, 2.45) is 0 Å². The fraction of sp³-hybridized carbons (Fsp3) is 0.375. The Bertz CT molecular complexity index is 864. The number of aliphatic carboxylic acids is 1. The summed E-state index contributed by atoms with van der Waals surface area (Å²) in [6, 6.07) is 7.66. The van der Waals surface area contributed by atoms with Gasteiger partial charge in [0.2, 0.25) is 9.84 Å². The smallest absolute Gasteiger partial charge is 0.305 e. The molecule has 11 heteroatoms. The molecule has 27 heavy (non-hydrogen) atoms. The third-order valence-corrected chi connectivity index (χ3v) is 4.95. The zero-order valence-electron chi connectivity index (χ0n) is 14.2. The lowest BCUT2D eigenvalue weighted by atomic mass is 10.2. The van der Waals surface area contributed by atoms with Crippen molar-refractivity contribution in [1.29, 1.82) is 0 Å². The molecule has 0 unspecified atom stereocenters. The van der Waals surface area contributed by atoms with Crippen LogP contribution in [0.25, 0.3) is 0 Å². The second kappa shape index (κ2) is 9.67. The summed E-state index contributed by atoms with van der Waals surface area (Å²) in [6.45, 7) is 0.0614. The Morgan fingerprint density at radius 3 is 2.48 bits per heavy atom. The SMILES string of the molecule is O=C(O)CCCC(=O)OCCCOc1nonc1S(=O)(=O)c1ccccc1. The molecule has 0 aliphatic rings. The summed E-state index contributed by atoms with van der Waals surface area (Å²) in [5, 5.41) is 14.9. The van der Waals surface area contributed by atoms with E-state index in [2.05, 4.69) is 14.9 Å². The Hall–Kier alpha value is -2.95. The van der Waals surface area contributed by atoms with Crippen LogP contribution in [0.5, 0.6) is 5.88 Å². The van der Waals surface area contributed by atoms with E-state index in [0.29, 0.717) is 0 Å². The molecule has 146 valence electrons. The standard InChI is InChI=1S/C16H18N2O8S/c19-13(20)8-4-9-14(21)24-10-5-11-25-15-16(18-26-17-15)27(22,23)12-6-2-1-3-7-12/h1-3,6-7H,4-5,8-11H2,(H,19,20). The average Bonchev–Trinajstić information content (AvgIpc) is 3.11. The van der Waals surface area contributed by atoms with Crippen molar-refractivity contribution >= 4 is 21.8 Å². The number of carboxylic acids is 1. The molecule has 0 aliphatic carbocycles. The van der Waals surface area contributed by atoms with Crippen LogP contribution < -0.4 is 4.74 Å². The van der Waals surface area contributed by atoms with Gasteiger partial charge < -0.3 is 14.6 Å². The van der Waals surface area contributed by atoms with Crippen LogP contribution in [0, 0.1) is 0 Å². The van der Waals surface area contributed by atoms with Crippen molar-refractivity contribution in [3.05, 3.63) is 30.3 Å². The highest BCUT2D eigenvalue weighted by atomic mass is 32.2. The maximum absolute atomic E-state index is 12.5. The molecule has 1 aromatic carbocycles. The van der Waals surface area contributed by atoms with E-state index in [1.165, 1.54) is 12.1 Å². The van der Waals surface area contributed by atoms with Gasteiger partial charge in [0.1, 0.15) is 0 Å². The van der Waals surface area contributed by atoms with E-state index in [1.807, 2.05) is 0 Å². The van der Waals surface area contributed by atoms with Crippen LogP contribution in [0.2, 0.25) is 0 Å². The molecule has 0 spiro atoms. The van der Waals surface area contributed by atoms with E-state index in [4.69, 9.17) is 14.6 Å². The lowest BCUT2D eigenvalue weighted by Crippen LogP contribution is -2.11. The number of esters is 1. The molecule has 0 atom stereocenters. The number of carbonyl (C=O) groups is 2. The molecule has 2 rings (SSSR count). The molecule has 1 heterocycles. The number of hydrogen-bond acceptors (Lipinski definition) is 9. The number of benzene rings is 1. The second-order valence-corrected chi connectivity index (χ2v) is 7.23.